The average molecular weight is 384 g/mol. The van der Waals surface area contributed by atoms with E-state index in [2.05, 4.69) is 0 Å². The van der Waals surface area contributed by atoms with Gasteiger partial charge in [-0.25, -0.2) is 4.39 Å². The summed E-state index contributed by atoms with van der Waals surface area (Å²) in [7, 11) is 0. The zero-order valence-corrected chi connectivity index (χ0v) is 15.5. The maximum absolute atomic E-state index is 14.5. The lowest BCUT2D eigenvalue weighted by molar-refractivity contribution is 0.281. The van der Waals surface area contributed by atoms with E-state index in [-0.39, 0.29) is 18.1 Å². The molecule has 0 aliphatic heterocycles. The first kappa shape index (κ1) is 19.5. The molecule has 0 spiro atoms. The van der Waals surface area contributed by atoms with E-state index in [1.54, 1.807) is 25.1 Å². The number of halogens is 3. The van der Waals surface area contributed by atoms with Crippen molar-refractivity contribution in [3.05, 3.63) is 95.5 Å². The van der Waals surface area contributed by atoms with E-state index in [9.17, 15) is 13.2 Å². The van der Waals surface area contributed by atoms with Crippen LogP contribution in [0.4, 0.5) is 13.2 Å². The van der Waals surface area contributed by atoms with Gasteiger partial charge in [-0.3, -0.25) is 0 Å². The van der Waals surface area contributed by atoms with Crippen LogP contribution < -0.4 is 9.47 Å². The Bertz CT molecular complexity index is 995. The van der Waals surface area contributed by atoms with Crippen molar-refractivity contribution in [2.45, 2.75) is 20.5 Å². The summed E-state index contributed by atoms with van der Waals surface area (Å²) in [4.78, 5) is 0. The first-order valence-corrected chi connectivity index (χ1v) is 8.73. The highest BCUT2D eigenvalue weighted by atomic mass is 19.2. The summed E-state index contributed by atoms with van der Waals surface area (Å²) < 4.78 is 52.8. The Morgan fingerprint density at radius 2 is 1.54 bits per heavy atom. The van der Waals surface area contributed by atoms with Gasteiger partial charge in [0, 0.05) is 5.56 Å². The molecule has 2 nitrogen and oxygen atoms in total. The molecular formula is C23H19F3O2. The molecule has 3 aromatic carbocycles. The molecule has 0 heterocycles. The normalized spacial score (nSPS) is 11.0. The molecule has 0 atom stereocenters. The van der Waals surface area contributed by atoms with Crippen LogP contribution in [0.1, 0.15) is 18.1 Å². The number of allylic oxidation sites excluding steroid dienone is 1. The van der Waals surface area contributed by atoms with E-state index in [0.717, 1.165) is 11.1 Å². The van der Waals surface area contributed by atoms with Gasteiger partial charge in [0.2, 0.25) is 11.6 Å². The van der Waals surface area contributed by atoms with Gasteiger partial charge in [0.1, 0.15) is 12.4 Å². The summed E-state index contributed by atoms with van der Waals surface area (Å²) in [6, 6.07) is 14.7. The Morgan fingerprint density at radius 1 is 0.857 bits per heavy atom. The SMILES string of the molecule is C/C=C/Oc1ccc(OCc2ccc(-c3ccc(C)cc3)c(F)c2)c(F)c1F. The zero-order valence-electron chi connectivity index (χ0n) is 15.5. The van der Waals surface area contributed by atoms with Gasteiger partial charge in [-0.15, -0.1) is 0 Å². The molecule has 0 unspecified atom stereocenters. The van der Waals surface area contributed by atoms with Crippen molar-refractivity contribution in [1.29, 1.82) is 0 Å². The largest absolute Gasteiger partial charge is 0.486 e. The van der Waals surface area contributed by atoms with Crippen LogP contribution in [0.2, 0.25) is 0 Å². The van der Waals surface area contributed by atoms with Crippen LogP contribution in [0, 0.1) is 24.4 Å². The van der Waals surface area contributed by atoms with E-state index in [1.807, 2.05) is 31.2 Å². The molecule has 0 N–H and O–H groups in total. The maximum Gasteiger partial charge on any atom is 0.205 e. The number of ether oxygens (including phenoxy) is 2. The van der Waals surface area contributed by atoms with Crippen molar-refractivity contribution in [2.24, 2.45) is 0 Å². The third-order valence-corrected chi connectivity index (χ3v) is 4.13. The summed E-state index contributed by atoms with van der Waals surface area (Å²) in [5.41, 5.74) is 2.82. The van der Waals surface area contributed by atoms with Gasteiger partial charge in [-0.2, -0.15) is 8.78 Å². The van der Waals surface area contributed by atoms with Crippen LogP contribution in [-0.2, 0) is 6.61 Å². The van der Waals surface area contributed by atoms with E-state index in [4.69, 9.17) is 9.47 Å². The van der Waals surface area contributed by atoms with Gasteiger partial charge < -0.3 is 9.47 Å². The molecule has 28 heavy (non-hydrogen) atoms. The highest BCUT2D eigenvalue weighted by molar-refractivity contribution is 5.64. The Balaban J connectivity index is 1.74. The van der Waals surface area contributed by atoms with E-state index in [1.165, 1.54) is 24.5 Å². The lowest BCUT2D eigenvalue weighted by Crippen LogP contribution is -2.01. The van der Waals surface area contributed by atoms with Crippen molar-refractivity contribution in [2.75, 3.05) is 0 Å². The predicted molar refractivity (Wildman–Crippen MR) is 103 cm³/mol. The molecule has 0 saturated heterocycles. The van der Waals surface area contributed by atoms with Crippen molar-refractivity contribution < 1.29 is 22.6 Å². The van der Waals surface area contributed by atoms with Crippen LogP contribution in [0.25, 0.3) is 11.1 Å². The minimum Gasteiger partial charge on any atom is -0.486 e. The van der Waals surface area contributed by atoms with Gasteiger partial charge in [-0.05, 0) is 43.2 Å². The summed E-state index contributed by atoms with van der Waals surface area (Å²) >= 11 is 0. The number of rotatable bonds is 6. The fourth-order valence-electron chi connectivity index (χ4n) is 2.63. The molecule has 3 aromatic rings. The topological polar surface area (TPSA) is 18.5 Å². The van der Waals surface area contributed by atoms with Gasteiger partial charge in [0.15, 0.2) is 11.5 Å². The molecule has 0 aromatic heterocycles. The smallest absolute Gasteiger partial charge is 0.205 e. The van der Waals surface area contributed by atoms with Crippen LogP contribution >= 0.6 is 0 Å². The number of hydrogen-bond donors (Lipinski definition) is 0. The molecule has 0 radical (unpaired) electrons. The highest BCUT2D eigenvalue weighted by Crippen LogP contribution is 2.29. The quantitative estimate of drug-likeness (QED) is 0.448. The Hall–Kier alpha value is -3.21. The second-order valence-corrected chi connectivity index (χ2v) is 6.25. The standard InChI is InChI=1S/C23H19F3O2/c1-3-12-27-20-10-11-21(23(26)22(20)25)28-14-16-6-9-18(19(24)13-16)17-7-4-15(2)5-8-17/h3-13H,14H2,1-2H3/b12-3+. The van der Waals surface area contributed by atoms with Crippen molar-refractivity contribution in [1.82, 2.24) is 0 Å². The second kappa shape index (κ2) is 8.65. The Kier molecular flexibility index (Phi) is 6.04. The lowest BCUT2D eigenvalue weighted by atomic mass is 10.0. The Labute approximate surface area is 161 Å². The van der Waals surface area contributed by atoms with Gasteiger partial charge in [0.25, 0.3) is 0 Å². The predicted octanol–water partition coefficient (Wildman–Crippen LogP) is 6.57. The van der Waals surface area contributed by atoms with Crippen LogP contribution in [0.5, 0.6) is 11.5 Å². The van der Waals surface area contributed by atoms with Crippen LogP contribution in [0.3, 0.4) is 0 Å². The molecule has 5 heteroatoms. The monoisotopic (exact) mass is 384 g/mol. The molecule has 0 bridgehead atoms. The molecule has 0 aliphatic carbocycles. The van der Waals surface area contributed by atoms with E-state index < -0.39 is 17.5 Å². The van der Waals surface area contributed by atoms with Crippen molar-refractivity contribution >= 4 is 0 Å². The van der Waals surface area contributed by atoms with Crippen molar-refractivity contribution in [3.8, 4) is 22.6 Å². The van der Waals surface area contributed by atoms with Gasteiger partial charge >= 0.3 is 0 Å². The minimum atomic E-state index is -1.15. The first-order valence-electron chi connectivity index (χ1n) is 8.73. The third-order valence-electron chi connectivity index (χ3n) is 4.13. The van der Waals surface area contributed by atoms with Crippen LogP contribution in [0.15, 0.2) is 66.9 Å². The third kappa shape index (κ3) is 4.36. The highest BCUT2D eigenvalue weighted by Gasteiger charge is 2.16. The van der Waals surface area contributed by atoms with Gasteiger partial charge in [0.05, 0.1) is 6.26 Å². The van der Waals surface area contributed by atoms with Crippen LogP contribution in [-0.4, -0.2) is 0 Å². The fourth-order valence-corrected chi connectivity index (χ4v) is 2.63. The molecule has 0 aliphatic rings. The summed E-state index contributed by atoms with van der Waals surface area (Å²) in [5, 5.41) is 0. The molecular weight excluding hydrogens is 365 g/mol. The Morgan fingerprint density at radius 3 is 2.21 bits per heavy atom. The molecule has 144 valence electrons. The number of benzene rings is 3. The van der Waals surface area contributed by atoms with E-state index in [0.29, 0.717) is 11.1 Å². The fraction of sp³-hybridized carbons (Fsp3) is 0.130. The van der Waals surface area contributed by atoms with Gasteiger partial charge in [-0.1, -0.05) is 48.0 Å². The zero-order chi connectivity index (χ0) is 20.1. The lowest BCUT2D eigenvalue weighted by Gasteiger charge is -2.11. The molecule has 0 fully saturated rings. The summed E-state index contributed by atoms with van der Waals surface area (Å²) in [6.07, 6.45) is 2.80. The second-order valence-electron chi connectivity index (χ2n) is 6.25. The number of hydrogen-bond acceptors (Lipinski definition) is 2. The summed E-state index contributed by atoms with van der Waals surface area (Å²) in [5.74, 6) is -3.22. The van der Waals surface area contributed by atoms with E-state index >= 15 is 0 Å². The minimum absolute atomic E-state index is 0.101. The van der Waals surface area contributed by atoms with Crippen molar-refractivity contribution in [3.63, 3.8) is 0 Å². The molecule has 3 rings (SSSR count). The molecule has 0 saturated carbocycles. The first-order chi connectivity index (χ1) is 13.5. The average Bonchev–Trinajstić information content (AvgIpc) is 2.69. The maximum atomic E-state index is 14.5. The summed E-state index contributed by atoms with van der Waals surface area (Å²) in [6.45, 7) is 3.55. The number of aryl methyl sites for hydroxylation is 1. The molecule has 0 amide bonds.